The highest BCUT2D eigenvalue weighted by molar-refractivity contribution is 6.04. The van der Waals surface area contributed by atoms with Gasteiger partial charge in [0, 0.05) is 62.8 Å². The number of benzene rings is 1. The number of H-pyrrole nitrogens is 1. The number of aromatic amines is 1. The first-order valence-corrected chi connectivity index (χ1v) is 12.7. The van der Waals surface area contributed by atoms with Gasteiger partial charge in [-0.05, 0) is 43.2 Å². The smallest absolute Gasteiger partial charge is 0.253 e. The van der Waals surface area contributed by atoms with Gasteiger partial charge in [0.2, 0.25) is 0 Å². The van der Waals surface area contributed by atoms with Gasteiger partial charge < -0.3 is 20.9 Å². The molecule has 1 saturated heterocycles. The van der Waals surface area contributed by atoms with Gasteiger partial charge in [-0.1, -0.05) is 25.7 Å². The molecule has 0 bridgehead atoms. The van der Waals surface area contributed by atoms with Gasteiger partial charge in [0.15, 0.2) is 5.65 Å². The summed E-state index contributed by atoms with van der Waals surface area (Å²) in [5.74, 6) is 0.672. The number of amides is 1. The Morgan fingerprint density at radius 2 is 1.79 bits per heavy atom. The summed E-state index contributed by atoms with van der Waals surface area (Å²) in [5, 5.41) is 10.1. The summed E-state index contributed by atoms with van der Waals surface area (Å²) in [6.45, 7) is 6.34. The van der Waals surface area contributed by atoms with Crippen LogP contribution in [-0.2, 0) is 0 Å². The van der Waals surface area contributed by atoms with Crippen LogP contribution in [0.25, 0.3) is 22.6 Å². The molecular formula is C26H35N7O. The molecule has 34 heavy (non-hydrogen) atoms. The van der Waals surface area contributed by atoms with E-state index in [9.17, 15) is 4.79 Å². The maximum atomic E-state index is 13.0. The maximum Gasteiger partial charge on any atom is 0.253 e. The summed E-state index contributed by atoms with van der Waals surface area (Å²) in [5.41, 5.74) is 3.92. The van der Waals surface area contributed by atoms with Crippen molar-refractivity contribution in [3.63, 3.8) is 0 Å². The zero-order valence-corrected chi connectivity index (χ0v) is 19.8. The van der Waals surface area contributed by atoms with Crippen molar-refractivity contribution in [1.29, 1.82) is 0 Å². The number of aromatic nitrogens is 3. The molecule has 1 amide bonds. The standard InChI is InChI=1S/C26H35N7O/c34-26(30-21-5-3-1-2-4-6-21)22-11-12-29-25-23(22)31-24(32-25)19-7-9-20(10-8-19)28-15-18-33-16-13-27-14-17-33/h7-12,21,27-28H,1-6,13-18H2,(H,30,34)(H,29,31,32). The minimum absolute atomic E-state index is 0.0543. The fourth-order valence-corrected chi connectivity index (χ4v) is 4.96. The number of pyridine rings is 1. The Morgan fingerprint density at radius 3 is 2.56 bits per heavy atom. The predicted octanol–water partition coefficient (Wildman–Crippen LogP) is 3.39. The summed E-state index contributed by atoms with van der Waals surface area (Å²) < 4.78 is 0. The van der Waals surface area contributed by atoms with Crippen molar-refractivity contribution in [3.05, 3.63) is 42.1 Å². The lowest BCUT2D eigenvalue weighted by Gasteiger charge is -2.27. The van der Waals surface area contributed by atoms with Crippen LogP contribution in [0.5, 0.6) is 0 Å². The normalized spacial score (nSPS) is 18.0. The summed E-state index contributed by atoms with van der Waals surface area (Å²) in [6.07, 6.45) is 8.69. The van der Waals surface area contributed by atoms with E-state index in [-0.39, 0.29) is 11.9 Å². The van der Waals surface area contributed by atoms with Gasteiger partial charge in [-0.2, -0.15) is 0 Å². The zero-order chi connectivity index (χ0) is 23.2. The Labute approximate surface area is 200 Å². The van der Waals surface area contributed by atoms with Crippen LogP contribution in [0.15, 0.2) is 36.5 Å². The van der Waals surface area contributed by atoms with E-state index >= 15 is 0 Å². The summed E-state index contributed by atoms with van der Waals surface area (Å²) in [6, 6.07) is 10.3. The third kappa shape index (κ3) is 5.56. The molecule has 0 spiro atoms. The number of carbonyl (C=O) groups is 1. The van der Waals surface area contributed by atoms with Crippen molar-refractivity contribution < 1.29 is 4.79 Å². The second kappa shape index (κ2) is 11.0. The Kier molecular flexibility index (Phi) is 7.36. The molecule has 2 fully saturated rings. The molecule has 1 aromatic carbocycles. The van der Waals surface area contributed by atoms with Gasteiger partial charge in [0.05, 0.1) is 5.56 Å². The van der Waals surface area contributed by atoms with Gasteiger partial charge in [0.1, 0.15) is 11.3 Å². The fraction of sp³-hybridized carbons (Fsp3) is 0.500. The minimum atomic E-state index is -0.0543. The molecule has 3 heterocycles. The quantitative estimate of drug-likeness (QED) is 0.403. The van der Waals surface area contributed by atoms with Crippen LogP contribution < -0.4 is 16.0 Å². The van der Waals surface area contributed by atoms with Crippen molar-refractivity contribution >= 4 is 22.8 Å². The first kappa shape index (κ1) is 22.8. The number of imidazole rings is 1. The van der Waals surface area contributed by atoms with Crippen LogP contribution in [0, 0.1) is 0 Å². The molecule has 5 rings (SSSR count). The van der Waals surface area contributed by atoms with Gasteiger partial charge >= 0.3 is 0 Å². The van der Waals surface area contributed by atoms with E-state index in [1.54, 1.807) is 12.3 Å². The van der Waals surface area contributed by atoms with Crippen LogP contribution in [0.4, 0.5) is 5.69 Å². The van der Waals surface area contributed by atoms with Gasteiger partial charge in [-0.3, -0.25) is 9.69 Å². The Balaban J connectivity index is 1.24. The third-order valence-electron chi connectivity index (χ3n) is 6.94. The average Bonchev–Trinajstić information content (AvgIpc) is 3.15. The first-order valence-electron chi connectivity index (χ1n) is 12.7. The Morgan fingerprint density at radius 1 is 1.03 bits per heavy atom. The molecule has 1 saturated carbocycles. The third-order valence-corrected chi connectivity index (χ3v) is 6.94. The summed E-state index contributed by atoms with van der Waals surface area (Å²) in [4.78, 5) is 28.0. The van der Waals surface area contributed by atoms with E-state index in [4.69, 9.17) is 4.98 Å². The average molecular weight is 462 g/mol. The van der Waals surface area contributed by atoms with E-state index in [0.29, 0.717) is 16.7 Å². The molecule has 8 nitrogen and oxygen atoms in total. The molecule has 3 aromatic rings. The molecule has 0 atom stereocenters. The topological polar surface area (TPSA) is 98.0 Å². The number of anilines is 1. The number of hydrogen-bond donors (Lipinski definition) is 4. The fourth-order valence-electron chi connectivity index (χ4n) is 4.96. The lowest BCUT2D eigenvalue weighted by molar-refractivity contribution is 0.0935. The van der Waals surface area contributed by atoms with E-state index in [1.807, 2.05) is 0 Å². The molecular weight excluding hydrogens is 426 g/mol. The van der Waals surface area contributed by atoms with Gasteiger partial charge in [0.25, 0.3) is 5.91 Å². The first-order chi connectivity index (χ1) is 16.8. The molecule has 180 valence electrons. The van der Waals surface area contributed by atoms with Crippen LogP contribution >= 0.6 is 0 Å². The van der Waals surface area contributed by atoms with Crippen LogP contribution in [0.2, 0.25) is 0 Å². The van der Waals surface area contributed by atoms with E-state index in [0.717, 1.165) is 69.2 Å². The van der Waals surface area contributed by atoms with Gasteiger partial charge in [-0.15, -0.1) is 0 Å². The lowest BCUT2D eigenvalue weighted by Crippen LogP contribution is -2.45. The zero-order valence-electron chi connectivity index (χ0n) is 19.8. The molecule has 1 aliphatic carbocycles. The second-order valence-electron chi connectivity index (χ2n) is 9.40. The monoisotopic (exact) mass is 461 g/mol. The molecule has 2 aliphatic rings. The van der Waals surface area contributed by atoms with Crippen molar-refractivity contribution in [2.45, 2.75) is 44.6 Å². The minimum Gasteiger partial charge on any atom is -0.384 e. The molecule has 0 unspecified atom stereocenters. The van der Waals surface area contributed by atoms with E-state index in [1.165, 1.54) is 25.7 Å². The van der Waals surface area contributed by atoms with E-state index in [2.05, 4.69) is 55.1 Å². The largest absolute Gasteiger partial charge is 0.384 e. The molecule has 2 aromatic heterocycles. The van der Waals surface area contributed by atoms with Crippen molar-refractivity contribution in [1.82, 2.24) is 30.5 Å². The number of hydrogen-bond acceptors (Lipinski definition) is 6. The van der Waals surface area contributed by atoms with Crippen LogP contribution in [-0.4, -0.2) is 71.1 Å². The Bertz CT molecular complexity index is 1080. The number of nitrogens with one attached hydrogen (secondary N) is 4. The predicted molar refractivity (Wildman–Crippen MR) is 136 cm³/mol. The molecule has 1 aliphatic heterocycles. The number of fused-ring (bicyclic) bond motifs is 1. The van der Waals surface area contributed by atoms with Gasteiger partial charge in [-0.25, -0.2) is 9.97 Å². The van der Waals surface area contributed by atoms with Crippen molar-refractivity contribution in [3.8, 4) is 11.4 Å². The molecule has 8 heteroatoms. The molecule has 0 radical (unpaired) electrons. The summed E-state index contributed by atoms with van der Waals surface area (Å²) >= 11 is 0. The van der Waals surface area contributed by atoms with E-state index < -0.39 is 0 Å². The van der Waals surface area contributed by atoms with Crippen molar-refractivity contribution in [2.24, 2.45) is 0 Å². The number of nitrogens with zero attached hydrogens (tertiary/aromatic N) is 3. The van der Waals surface area contributed by atoms with Crippen LogP contribution in [0.3, 0.4) is 0 Å². The summed E-state index contributed by atoms with van der Waals surface area (Å²) in [7, 11) is 0. The Hall–Kier alpha value is -2.97. The molecule has 4 N–H and O–H groups in total. The van der Waals surface area contributed by atoms with Crippen LogP contribution in [0.1, 0.15) is 48.9 Å². The highest BCUT2D eigenvalue weighted by Gasteiger charge is 2.19. The second-order valence-corrected chi connectivity index (χ2v) is 9.40. The number of rotatable bonds is 7. The highest BCUT2D eigenvalue weighted by atomic mass is 16.1. The highest BCUT2D eigenvalue weighted by Crippen LogP contribution is 2.24. The lowest BCUT2D eigenvalue weighted by atomic mass is 10.1. The maximum absolute atomic E-state index is 13.0. The number of carbonyl (C=O) groups excluding carboxylic acids is 1. The SMILES string of the molecule is O=C(NC1CCCCCC1)c1ccnc2[nH]c(-c3ccc(NCCN4CCNCC4)cc3)nc12. The van der Waals surface area contributed by atoms with Crippen molar-refractivity contribution in [2.75, 3.05) is 44.6 Å². The number of piperazine rings is 1.